The van der Waals surface area contributed by atoms with Gasteiger partial charge in [0.1, 0.15) is 7.85 Å². The van der Waals surface area contributed by atoms with Crippen LogP contribution in [0.4, 0.5) is 0 Å². The summed E-state index contributed by atoms with van der Waals surface area (Å²) in [4.78, 5) is 0. The molecule has 0 atom stereocenters. The zero-order valence-corrected chi connectivity index (χ0v) is 10.6. The van der Waals surface area contributed by atoms with Gasteiger partial charge in [-0.1, -0.05) is 46.9 Å². The minimum absolute atomic E-state index is 0. The number of hydrogen-bond acceptors (Lipinski definition) is 0. The summed E-state index contributed by atoms with van der Waals surface area (Å²) in [7, 11) is 2.38. The van der Waals surface area contributed by atoms with Gasteiger partial charge < -0.3 is 0 Å². The summed E-state index contributed by atoms with van der Waals surface area (Å²) in [5.41, 5.74) is 0. The molecule has 0 saturated heterocycles. The van der Waals surface area contributed by atoms with Crippen molar-refractivity contribution in [1.82, 2.24) is 0 Å². The molecule has 0 rings (SSSR count). The van der Waals surface area contributed by atoms with E-state index in [0.29, 0.717) is 5.31 Å². The fourth-order valence-electron chi connectivity index (χ4n) is 1.94. The monoisotopic (exact) mass is 190 g/mol. The molecule has 0 heterocycles. The van der Waals surface area contributed by atoms with E-state index >= 15 is 0 Å². The molecular weight excluding hydrogens is 162 g/mol. The summed E-state index contributed by atoms with van der Waals surface area (Å²) in [5.74, 6) is 2.55. The Labute approximate surface area is 104 Å². The van der Waals surface area contributed by atoms with Crippen LogP contribution in [0.25, 0.3) is 0 Å². The molecule has 0 spiro atoms. The molecule has 2 heteroatoms. The van der Waals surface area contributed by atoms with Crippen LogP contribution < -0.4 is 0 Å². The molecule has 0 saturated carbocycles. The average molecular weight is 190 g/mol. The maximum atomic E-state index is 2.38. The topological polar surface area (TPSA) is 0 Å². The molecule has 0 aromatic carbocycles. The van der Waals surface area contributed by atoms with Crippen LogP contribution in [0.3, 0.4) is 0 Å². The van der Waals surface area contributed by atoms with Crippen LogP contribution in [0.2, 0.25) is 5.31 Å². The van der Waals surface area contributed by atoms with E-state index in [4.69, 9.17) is 0 Å². The summed E-state index contributed by atoms with van der Waals surface area (Å²) in [6.45, 7) is 14.1. The molecule has 0 aliphatic carbocycles. The Morgan fingerprint density at radius 1 is 0.929 bits per heavy atom. The first-order valence-corrected chi connectivity index (χ1v) is 5.73. The van der Waals surface area contributed by atoms with Gasteiger partial charge in [0.15, 0.2) is 0 Å². The van der Waals surface area contributed by atoms with Crippen molar-refractivity contribution in [3.05, 3.63) is 0 Å². The second-order valence-corrected chi connectivity index (χ2v) is 6.32. The number of hydrogen-bond donors (Lipinski definition) is 0. The third-order valence-electron chi connectivity index (χ3n) is 2.74. The van der Waals surface area contributed by atoms with Gasteiger partial charge >= 0.3 is 18.9 Å². The first kappa shape index (κ1) is 17.1. The van der Waals surface area contributed by atoms with Gasteiger partial charge in [-0.2, -0.15) is 0 Å². The second-order valence-electron chi connectivity index (χ2n) is 6.32. The fraction of sp³-hybridized carbons (Fsp3) is 1.00. The van der Waals surface area contributed by atoms with E-state index in [1.165, 1.54) is 12.8 Å². The molecule has 14 heavy (non-hydrogen) atoms. The maximum absolute atomic E-state index is 2.38. The molecule has 0 nitrogen and oxygen atoms in total. The molecule has 80 valence electrons. The summed E-state index contributed by atoms with van der Waals surface area (Å²) in [5, 5.41) is 0.481. The SMILES string of the molecule is BC(C)(C)C(CC(C)C)CC(C)C.[LiH]. The van der Waals surface area contributed by atoms with Gasteiger partial charge in [-0.15, -0.1) is 0 Å². The molecule has 0 radical (unpaired) electrons. The Hall–Kier alpha value is 0.662. The van der Waals surface area contributed by atoms with Crippen LogP contribution in [0.15, 0.2) is 0 Å². The quantitative estimate of drug-likeness (QED) is 0.584. The fourth-order valence-corrected chi connectivity index (χ4v) is 1.94. The van der Waals surface area contributed by atoms with Crippen LogP contribution >= 0.6 is 0 Å². The van der Waals surface area contributed by atoms with Gasteiger partial charge in [0, 0.05) is 0 Å². The molecule has 0 aromatic heterocycles. The average Bonchev–Trinajstić information content (AvgIpc) is 1.81. The zero-order chi connectivity index (χ0) is 10.6. The first-order chi connectivity index (χ1) is 5.73. The van der Waals surface area contributed by atoms with Gasteiger partial charge in [0.05, 0.1) is 0 Å². The van der Waals surface area contributed by atoms with E-state index in [1.807, 2.05) is 0 Å². The third-order valence-corrected chi connectivity index (χ3v) is 2.74. The molecule has 0 fully saturated rings. The molecule has 0 aliphatic heterocycles. The Balaban J connectivity index is 0. The predicted octanol–water partition coefficient (Wildman–Crippen LogP) is 2.88. The van der Waals surface area contributed by atoms with Crippen LogP contribution in [0, 0.1) is 17.8 Å². The van der Waals surface area contributed by atoms with Crippen molar-refractivity contribution >= 4 is 26.7 Å². The van der Waals surface area contributed by atoms with Gasteiger partial charge in [0.2, 0.25) is 0 Å². The molecule has 0 aromatic rings. The summed E-state index contributed by atoms with van der Waals surface area (Å²) in [6.07, 6.45) is 2.75. The summed E-state index contributed by atoms with van der Waals surface area (Å²) in [6, 6.07) is 0. The van der Waals surface area contributed by atoms with Gasteiger partial charge in [-0.05, 0) is 30.6 Å². The number of rotatable bonds is 5. The van der Waals surface area contributed by atoms with E-state index in [0.717, 1.165) is 17.8 Å². The van der Waals surface area contributed by atoms with E-state index < -0.39 is 0 Å². The van der Waals surface area contributed by atoms with Crippen molar-refractivity contribution in [2.24, 2.45) is 17.8 Å². The Kier molecular flexibility index (Phi) is 8.56. The molecule has 0 amide bonds. The van der Waals surface area contributed by atoms with Gasteiger partial charge in [-0.25, -0.2) is 0 Å². The van der Waals surface area contributed by atoms with Crippen molar-refractivity contribution in [2.75, 3.05) is 0 Å². The van der Waals surface area contributed by atoms with E-state index in [-0.39, 0.29) is 18.9 Å². The van der Waals surface area contributed by atoms with Crippen LogP contribution in [0.1, 0.15) is 54.4 Å². The Morgan fingerprint density at radius 2 is 1.21 bits per heavy atom. The Morgan fingerprint density at radius 3 is 1.36 bits per heavy atom. The minimum atomic E-state index is 0. The summed E-state index contributed by atoms with van der Waals surface area (Å²) >= 11 is 0. The van der Waals surface area contributed by atoms with Crippen molar-refractivity contribution in [3.8, 4) is 0 Å². The second kappa shape index (κ2) is 7.02. The van der Waals surface area contributed by atoms with Crippen LogP contribution in [-0.2, 0) is 0 Å². The van der Waals surface area contributed by atoms with Crippen LogP contribution in [-0.4, -0.2) is 26.7 Å². The van der Waals surface area contributed by atoms with Crippen molar-refractivity contribution < 1.29 is 0 Å². The molecule has 0 bridgehead atoms. The van der Waals surface area contributed by atoms with Crippen molar-refractivity contribution in [2.45, 2.75) is 59.7 Å². The molecule has 0 N–H and O–H groups in total. The normalized spacial score (nSPS) is 12.4. The first-order valence-electron chi connectivity index (χ1n) is 5.73. The third kappa shape index (κ3) is 8.01. The zero-order valence-electron chi connectivity index (χ0n) is 10.6. The molecule has 0 unspecified atom stereocenters. The predicted molar refractivity (Wildman–Crippen MR) is 72.1 cm³/mol. The Bertz CT molecular complexity index is 126. The molecule has 0 aliphatic rings. The standard InChI is InChI=1S/C12H27B.Li.H/c1-9(2)7-11(8-10(3)4)12(5,6)13;;/h9-11H,7-8,13H2,1-6H3;;. The van der Waals surface area contributed by atoms with Crippen molar-refractivity contribution in [1.29, 1.82) is 0 Å². The molecular formula is C12H28BLi. The van der Waals surface area contributed by atoms with E-state index in [9.17, 15) is 0 Å². The van der Waals surface area contributed by atoms with E-state index in [1.54, 1.807) is 0 Å². The van der Waals surface area contributed by atoms with Gasteiger partial charge in [-0.3, -0.25) is 0 Å². The summed E-state index contributed by atoms with van der Waals surface area (Å²) < 4.78 is 0. The van der Waals surface area contributed by atoms with Crippen LogP contribution in [0.5, 0.6) is 0 Å². The van der Waals surface area contributed by atoms with E-state index in [2.05, 4.69) is 49.4 Å². The van der Waals surface area contributed by atoms with Gasteiger partial charge in [0.25, 0.3) is 0 Å². The van der Waals surface area contributed by atoms with Crippen molar-refractivity contribution in [3.63, 3.8) is 0 Å².